The van der Waals surface area contributed by atoms with Gasteiger partial charge in [0.25, 0.3) is 0 Å². The third-order valence-corrected chi connectivity index (χ3v) is 16.8. The Bertz CT molecular complexity index is 4340. The van der Waals surface area contributed by atoms with Gasteiger partial charge in [0.05, 0.1) is 22.5 Å². The standard InChI is InChI=1S/C74H48N2/c1-3-21-48(22-4-1)54-26-15-19-37-69(54)75(52-41-44-71-64(46-52)59-31-12-11-30-58(59)62-33-16-20-38-70(62)76(71)51-24-5-2-6-25-51)53-40-42-61-57-29-10-9-28-56(57)60-32-13-17-35-65(60)74(68(61)47-53)66-36-18-14-34-63(66)73-67(74)43-39-50-45-49-23-7-8-27-55(49)72(50)73/h1-44,46-47H,45H2. The molecule has 2 nitrogen and oxygen atoms in total. The molecule has 0 radical (unpaired) electrons. The van der Waals surface area contributed by atoms with Gasteiger partial charge in [-0.15, -0.1) is 0 Å². The molecule has 0 bridgehead atoms. The Morgan fingerprint density at radius 3 is 1.55 bits per heavy atom. The molecule has 0 amide bonds. The molecule has 0 aromatic heterocycles. The third kappa shape index (κ3) is 6.04. The van der Waals surface area contributed by atoms with Crippen LogP contribution in [-0.4, -0.2) is 0 Å². The van der Waals surface area contributed by atoms with Gasteiger partial charge in [-0.1, -0.05) is 224 Å². The van der Waals surface area contributed by atoms with Crippen LogP contribution in [0.25, 0.3) is 77.9 Å². The van der Waals surface area contributed by atoms with Crippen LogP contribution in [0.15, 0.2) is 279 Å². The lowest BCUT2D eigenvalue weighted by atomic mass is 9.65. The van der Waals surface area contributed by atoms with Crippen molar-refractivity contribution in [3.63, 3.8) is 0 Å². The zero-order valence-corrected chi connectivity index (χ0v) is 41.7. The van der Waals surface area contributed by atoms with E-state index in [0.29, 0.717) is 0 Å². The molecule has 4 aliphatic rings. The second kappa shape index (κ2) is 16.6. The average molecular weight is 965 g/mol. The predicted octanol–water partition coefficient (Wildman–Crippen LogP) is 19.5. The molecule has 1 atom stereocenters. The molecule has 1 spiro atoms. The van der Waals surface area contributed by atoms with Gasteiger partial charge in [0.15, 0.2) is 0 Å². The van der Waals surface area contributed by atoms with E-state index in [1.54, 1.807) is 0 Å². The monoisotopic (exact) mass is 964 g/mol. The topological polar surface area (TPSA) is 6.48 Å². The van der Waals surface area contributed by atoms with Crippen LogP contribution in [-0.2, 0) is 11.8 Å². The van der Waals surface area contributed by atoms with Crippen LogP contribution in [0.5, 0.6) is 0 Å². The molecule has 16 rings (SSSR count). The minimum Gasteiger partial charge on any atom is -0.310 e. The highest BCUT2D eigenvalue weighted by molar-refractivity contribution is 6.06. The Morgan fingerprint density at radius 1 is 0.289 bits per heavy atom. The number of fused-ring (bicyclic) bond motifs is 21. The zero-order valence-electron chi connectivity index (χ0n) is 41.7. The molecule has 3 aliphatic carbocycles. The van der Waals surface area contributed by atoms with E-state index in [1.165, 1.54) is 94.6 Å². The molecular weight excluding hydrogens is 917 g/mol. The van der Waals surface area contributed by atoms with Crippen molar-refractivity contribution in [2.24, 2.45) is 0 Å². The molecule has 0 N–H and O–H groups in total. The maximum Gasteiger partial charge on any atom is 0.0726 e. The first-order valence-corrected chi connectivity index (χ1v) is 26.5. The first-order valence-electron chi connectivity index (χ1n) is 26.5. The highest BCUT2D eigenvalue weighted by atomic mass is 15.2. The van der Waals surface area contributed by atoms with Crippen molar-refractivity contribution >= 4 is 34.1 Å². The van der Waals surface area contributed by atoms with E-state index in [2.05, 4.69) is 289 Å². The van der Waals surface area contributed by atoms with Crippen LogP contribution in [0, 0.1) is 0 Å². The van der Waals surface area contributed by atoms with Crippen molar-refractivity contribution < 1.29 is 0 Å². The molecule has 354 valence electrons. The van der Waals surface area contributed by atoms with Gasteiger partial charge in [-0.2, -0.15) is 0 Å². The molecule has 1 heterocycles. The van der Waals surface area contributed by atoms with Gasteiger partial charge < -0.3 is 9.80 Å². The molecule has 1 aliphatic heterocycles. The first kappa shape index (κ1) is 42.7. The van der Waals surface area contributed by atoms with Gasteiger partial charge in [0.2, 0.25) is 0 Å². The molecule has 12 aromatic rings. The smallest absolute Gasteiger partial charge is 0.0726 e. The number of para-hydroxylation sites is 3. The Kier molecular flexibility index (Phi) is 9.35. The maximum atomic E-state index is 2.56. The van der Waals surface area contributed by atoms with E-state index in [0.717, 1.165) is 57.2 Å². The predicted molar refractivity (Wildman–Crippen MR) is 316 cm³/mol. The number of hydrogen-bond acceptors (Lipinski definition) is 2. The Labute approximate surface area is 443 Å². The fourth-order valence-corrected chi connectivity index (χ4v) is 13.8. The highest BCUT2D eigenvalue weighted by Crippen LogP contribution is 2.65. The van der Waals surface area contributed by atoms with Crippen molar-refractivity contribution in [2.75, 3.05) is 9.80 Å². The molecule has 1 unspecified atom stereocenters. The van der Waals surface area contributed by atoms with Gasteiger partial charge in [-0.05, 0) is 156 Å². The fourth-order valence-electron chi connectivity index (χ4n) is 13.8. The number of hydrogen-bond donors (Lipinski definition) is 0. The second-order valence-electron chi connectivity index (χ2n) is 20.6. The zero-order chi connectivity index (χ0) is 49.9. The van der Waals surface area contributed by atoms with Gasteiger partial charge >= 0.3 is 0 Å². The van der Waals surface area contributed by atoms with Crippen molar-refractivity contribution in [1.82, 2.24) is 0 Å². The van der Waals surface area contributed by atoms with Gasteiger partial charge in [0.1, 0.15) is 0 Å². The number of benzene rings is 12. The van der Waals surface area contributed by atoms with Gasteiger partial charge in [0, 0.05) is 33.8 Å². The Balaban J connectivity index is 1.01. The second-order valence-corrected chi connectivity index (χ2v) is 20.6. The van der Waals surface area contributed by atoms with Crippen LogP contribution in [0.3, 0.4) is 0 Å². The molecule has 76 heavy (non-hydrogen) atoms. The van der Waals surface area contributed by atoms with Crippen molar-refractivity contribution in [2.45, 2.75) is 11.8 Å². The van der Waals surface area contributed by atoms with Crippen LogP contribution >= 0.6 is 0 Å². The van der Waals surface area contributed by atoms with Gasteiger partial charge in [-0.25, -0.2) is 0 Å². The SMILES string of the molecule is c1ccc(-c2ccccc2N(c2ccc3c(c2)-c2ccccc2-c2ccccc2N3c2ccccc2)c2ccc3c(c2)C2(c4ccccc4-c4ccccc4-3)c3ccccc3-c3c2ccc2c3-c3ccccc3C2)cc1. The summed E-state index contributed by atoms with van der Waals surface area (Å²) in [5, 5.41) is 0. The highest BCUT2D eigenvalue weighted by Gasteiger charge is 2.51. The molecular formula is C74H48N2. The Hall–Kier alpha value is -9.76. The maximum absolute atomic E-state index is 2.56. The first-order chi connectivity index (χ1) is 37.7. The molecule has 0 saturated carbocycles. The van der Waals surface area contributed by atoms with Crippen LogP contribution in [0.1, 0.15) is 33.4 Å². The minimum absolute atomic E-state index is 0.682. The summed E-state index contributed by atoms with van der Waals surface area (Å²) < 4.78 is 0. The lowest BCUT2D eigenvalue weighted by Crippen LogP contribution is -2.29. The van der Waals surface area contributed by atoms with E-state index >= 15 is 0 Å². The molecule has 12 aromatic carbocycles. The quantitative estimate of drug-likeness (QED) is 0.170. The van der Waals surface area contributed by atoms with Gasteiger partial charge in [-0.3, -0.25) is 0 Å². The summed E-state index contributed by atoms with van der Waals surface area (Å²) >= 11 is 0. The summed E-state index contributed by atoms with van der Waals surface area (Å²) in [6.45, 7) is 0. The number of anilines is 6. The van der Waals surface area contributed by atoms with E-state index in [1.807, 2.05) is 0 Å². The lowest BCUT2D eigenvalue weighted by Gasteiger charge is -2.37. The van der Waals surface area contributed by atoms with E-state index in [9.17, 15) is 0 Å². The summed E-state index contributed by atoms with van der Waals surface area (Å²) in [5.74, 6) is 0. The summed E-state index contributed by atoms with van der Waals surface area (Å²) in [6.07, 6.45) is 0.937. The summed E-state index contributed by atoms with van der Waals surface area (Å²) in [5.41, 5.74) is 31.5. The number of nitrogens with zero attached hydrogens (tertiary/aromatic N) is 2. The lowest BCUT2D eigenvalue weighted by molar-refractivity contribution is 0.775. The van der Waals surface area contributed by atoms with E-state index in [-0.39, 0.29) is 0 Å². The average Bonchev–Trinajstić information content (AvgIpc) is 4.01. The molecule has 0 saturated heterocycles. The summed E-state index contributed by atoms with van der Waals surface area (Å²) in [4.78, 5) is 4.98. The third-order valence-electron chi connectivity index (χ3n) is 16.8. The van der Waals surface area contributed by atoms with E-state index in [4.69, 9.17) is 0 Å². The van der Waals surface area contributed by atoms with Crippen molar-refractivity contribution in [3.8, 4) is 77.9 Å². The van der Waals surface area contributed by atoms with Crippen molar-refractivity contribution in [3.05, 3.63) is 312 Å². The molecule has 2 heteroatoms. The summed E-state index contributed by atoms with van der Waals surface area (Å²) in [7, 11) is 0. The van der Waals surface area contributed by atoms with E-state index < -0.39 is 5.41 Å². The Morgan fingerprint density at radius 2 is 0.803 bits per heavy atom. The van der Waals surface area contributed by atoms with Crippen molar-refractivity contribution in [1.29, 1.82) is 0 Å². The molecule has 0 fully saturated rings. The van der Waals surface area contributed by atoms with Crippen LogP contribution < -0.4 is 9.80 Å². The van der Waals surface area contributed by atoms with Crippen LogP contribution in [0.2, 0.25) is 0 Å². The number of rotatable bonds is 5. The minimum atomic E-state index is -0.682. The normalized spacial score (nSPS) is 14.6. The van der Waals surface area contributed by atoms with Crippen LogP contribution in [0.4, 0.5) is 34.1 Å². The fraction of sp³-hybridized carbons (Fsp3) is 0.0270. The largest absolute Gasteiger partial charge is 0.310 e. The summed E-state index contributed by atoms with van der Waals surface area (Å²) in [6, 6.07) is 105.